The quantitative estimate of drug-likeness (QED) is 0.270. The van der Waals surface area contributed by atoms with Crippen LogP contribution in [0.3, 0.4) is 0 Å². The summed E-state index contributed by atoms with van der Waals surface area (Å²) in [7, 11) is 0. The maximum Gasteiger partial charge on any atom is 0.416 e. The number of hydrogen-bond donors (Lipinski definition) is 1. The minimum atomic E-state index is -5.05. The number of benzene rings is 3. The molecule has 0 unspecified atom stereocenters. The number of halogens is 7. The lowest BCUT2D eigenvalue weighted by atomic mass is 9.72. The minimum absolute atomic E-state index is 0.0201. The Morgan fingerprint density at radius 2 is 1.59 bits per heavy atom. The molecule has 1 N–H and O–H groups in total. The molecule has 244 valence electrons. The fourth-order valence-corrected chi connectivity index (χ4v) is 6.18. The van der Waals surface area contributed by atoms with Crippen LogP contribution in [0, 0.1) is 11.2 Å². The van der Waals surface area contributed by atoms with Crippen LogP contribution < -0.4 is 0 Å². The summed E-state index contributed by atoms with van der Waals surface area (Å²) in [6.07, 6.45) is -10.4. The van der Waals surface area contributed by atoms with Crippen molar-refractivity contribution in [2.24, 2.45) is 5.41 Å². The molecule has 1 aliphatic carbocycles. The average Bonchev–Trinajstić information content (AvgIpc) is 3.24. The number of carbonyl (C=O) groups excluding carboxylic acids is 1. The molecule has 1 aliphatic heterocycles. The molecular weight excluding hydrogens is 619 g/mol. The van der Waals surface area contributed by atoms with Crippen molar-refractivity contribution in [2.75, 3.05) is 6.54 Å². The van der Waals surface area contributed by atoms with Crippen molar-refractivity contribution in [3.05, 3.63) is 99.9 Å². The van der Waals surface area contributed by atoms with Crippen LogP contribution in [0.2, 0.25) is 0 Å². The Kier molecular flexibility index (Phi) is 8.46. The van der Waals surface area contributed by atoms with E-state index in [9.17, 15) is 45.4 Å². The Morgan fingerprint density at radius 3 is 2.17 bits per heavy atom. The summed E-state index contributed by atoms with van der Waals surface area (Å²) in [5.74, 6) is -1.97. The van der Waals surface area contributed by atoms with Gasteiger partial charge in [-0.15, -0.1) is 0 Å². The van der Waals surface area contributed by atoms with Gasteiger partial charge in [0.1, 0.15) is 11.9 Å². The second-order valence-corrected chi connectivity index (χ2v) is 12.5. The van der Waals surface area contributed by atoms with Crippen molar-refractivity contribution < 1.29 is 50.2 Å². The molecule has 46 heavy (non-hydrogen) atoms. The molecule has 1 fully saturated rings. The molecule has 3 aromatic carbocycles. The smallest absolute Gasteiger partial charge is 0.416 e. The Balaban J connectivity index is 1.50. The zero-order chi connectivity index (χ0) is 33.8. The van der Waals surface area contributed by atoms with Crippen molar-refractivity contribution in [1.82, 2.24) is 4.90 Å². The number of ether oxygens (including phenoxy) is 1. The van der Waals surface area contributed by atoms with Crippen molar-refractivity contribution >= 4 is 17.6 Å². The zero-order valence-corrected chi connectivity index (χ0v) is 25.0. The number of amides is 1. The number of carboxylic acid groups (broad SMARTS) is 1. The highest BCUT2D eigenvalue weighted by atomic mass is 19.4. The number of hydrogen-bond acceptors (Lipinski definition) is 3. The van der Waals surface area contributed by atoms with Crippen LogP contribution in [0.4, 0.5) is 35.5 Å². The Labute approximate surface area is 260 Å². The van der Waals surface area contributed by atoms with Gasteiger partial charge in [-0.05, 0) is 95.8 Å². The molecule has 1 heterocycles. The largest absolute Gasteiger partial charge is 0.478 e. The van der Waals surface area contributed by atoms with Gasteiger partial charge in [0.25, 0.3) is 0 Å². The standard InChI is InChI=1S/C34H30F7NO4/c1-18-29(22-12-24(33(36,37)38)15-25(13-22)34(39,40)41)46-31(45)42(18)17-23-16-32(2,3)10-9-26(23)19-5-4-6-20(11-19)27-8-7-21(30(43)44)14-28(27)35/h4-8,11-15,18,29H,9-10,16-17H2,1-3H3,(H,43,44)/t18-,29-/m0/s1. The lowest BCUT2D eigenvalue weighted by Crippen LogP contribution is -2.35. The van der Waals surface area contributed by atoms with E-state index in [1.54, 1.807) is 18.2 Å². The molecular formula is C34H30F7NO4. The first kappa shape index (κ1) is 33.0. The van der Waals surface area contributed by atoms with Gasteiger partial charge < -0.3 is 9.84 Å². The van der Waals surface area contributed by atoms with Gasteiger partial charge in [-0.2, -0.15) is 26.3 Å². The summed E-state index contributed by atoms with van der Waals surface area (Å²) in [5, 5.41) is 9.18. The molecule has 1 saturated heterocycles. The van der Waals surface area contributed by atoms with Crippen LogP contribution in [-0.4, -0.2) is 34.7 Å². The first-order valence-electron chi connectivity index (χ1n) is 14.5. The van der Waals surface area contributed by atoms with E-state index in [0.29, 0.717) is 30.5 Å². The Morgan fingerprint density at radius 1 is 0.957 bits per heavy atom. The number of nitrogens with zero attached hydrogens (tertiary/aromatic N) is 1. The number of allylic oxidation sites excluding steroid dienone is 1. The van der Waals surface area contributed by atoms with E-state index in [-0.39, 0.29) is 29.2 Å². The van der Waals surface area contributed by atoms with Crippen LogP contribution >= 0.6 is 0 Å². The lowest BCUT2D eigenvalue weighted by Gasteiger charge is -2.35. The molecule has 0 radical (unpaired) electrons. The molecule has 5 nitrogen and oxygen atoms in total. The third kappa shape index (κ3) is 6.75. The average molecular weight is 650 g/mol. The summed E-state index contributed by atoms with van der Waals surface area (Å²) < 4.78 is 102. The minimum Gasteiger partial charge on any atom is -0.478 e. The monoisotopic (exact) mass is 649 g/mol. The van der Waals surface area contributed by atoms with Crippen LogP contribution in [-0.2, 0) is 17.1 Å². The number of rotatable bonds is 6. The normalized spacial score (nSPS) is 20.2. The molecule has 5 rings (SSSR count). The van der Waals surface area contributed by atoms with Gasteiger partial charge in [0, 0.05) is 12.1 Å². The predicted octanol–water partition coefficient (Wildman–Crippen LogP) is 9.77. The van der Waals surface area contributed by atoms with Crippen LogP contribution in [0.25, 0.3) is 16.7 Å². The summed E-state index contributed by atoms with van der Waals surface area (Å²) >= 11 is 0. The van der Waals surface area contributed by atoms with Crippen molar-refractivity contribution in [1.29, 1.82) is 0 Å². The van der Waals surface area contributed by atoms with Gasteiger partial charge >= 0.3 is 24.4 Å². The first-order chi connectivity index (χ1) is 21.3. The number of carbonyl (C=O) groups is 2. The van der Waals surface area contributed by atoms with Gasteiger partial charge in [-0.1, -0.05) is 38.1 Å². The zero-order valence-electron chi connectivity index (χ0n) is 25.0. The van der Waals surface area contributed by atoms with Crippen LogP contribution in [0.5, 0.6) is 0 Å². The maximum absolute atomic E-state index is 14.9. The van der Waals surface area contributed by atoms with Crippen molar-refractivity contribution in [3.8, 4) is 11.1 Å². The van der Waals surface area contributed by atoms with E-state index < -0.39 is 59.1 Å². The Hall–Kier alpha value is -4.35. The molecule has 0 saturated carbocycles. The highest BCUT2D eigenvalue weighted by Gasteiger charge is 2.44. The molecule has 2 aliphatic rings. The van der Waals surface area contributed by atoms with E-state index in [2.05, 4.69) is 13.8 Å². The van der Waals surface area contributed by atoms with Gasteiger partial charge in [0.2, 0.25) is 0 Å². The van der Waals surface area contributed by atoms with E-state index in [1.807, 2.05) is 6.07 Å². The molecule has 12 heteroatoms. The highest BCUT2D eigenvalue weighted by Crippen LogP contribution is 2.45. The van der Waals surface area contributed by atoms with Gasteiger partial charge in [-0.3, -0.25) is 4.90 Å². The molecule has 1 amide bonds. The topological polar surface area (TPSA) is 66.8 Å². The summed E-state index contributed by atoms with van der Waals surface area (Å²) in [6.45, 7) is 5.64. The second kappa shape index (κ2) is 11.8. The third-order valence-corrected chi connectivity index (χ3v) is 8.60. The van der Waals surface area contributed by atoms with Crippen LogP contribution in [0.15, 0.2) is 66.2 Å². The van der Waals surface area contributed by atoms with E-state index in [0.717, 1.165) is 29.2 Å². The third-order valence-electron chi connectivity index (χ3n) is 8.60. The second-order valence-electron chi connectivity index (χ2n) is 12.5. The summed E-state index contributed by atoms with van der Waals surface area (Å²) in [4.78, 5) is 25.7. The summed E-state index contributed by atoms with van der Waals surface area (Å²) in [6, 6.07) is 10.9. The first-order valence-corrected chi connectivity index (χ1v) is 14.5. The number of alkyl halides is 6. The molecule has 0 aromatic heterocycles. The molecule has 3 aromatic rings. The van der Waals surface area contributed by atoms with Crippen LogP contribution in [0.1, 0.15) is 78.7 Å². The highest BCUT2D eigenvalue weighted by molar-refractivity contribution is 5.88. The van der Waals surface area contributed by atoms with Crippen molar-refractivity contribution in [2.45, 2.75) is 64.5 Å². The Bertz CT molecular complexity index is 1690. The van der Waals surface area contributed by atoms with Gasteiger partial charge in [-0.25, -0.2) is 14.0 Å². The molecule has 2 atom stereocenters. The van der Waals surface area contributed by atoms with E-state index >= 15 is 0 Å². The van der Waals surface area contributed by atoms with Gasteiger partial charge in [0.05, 0.1) is 22.7 Å². The fraction of sp³-hybridized carbons (Fsp3) is 0.353. The number of aromatic carboxylic acids is 1. The van der Waals surface area contributed by atoms with E-state index in [4.69, 9.17) is 4.74 Å². The van der Waals surface area contributed by atoms with Gasteiger partial charge in [0.15, 0.2) is 0 Å². The maximum atomic E-state index is 14.9. The fourth-order valence-electron chi connectivity index (χ4n) is 6.18. The number of carboxylic acids is 1. The number of cyclic esters (lactones) is 1. The summed E-state index contributed by atoms with van der Waals surface area (Å²) in [5.41, 5.74) is -0.608. The SMILES string of the molecule is C[C@H]1[C@@H](c2cc(C(F)(F)F)cc(C(F)(F)F)c2)OC(=O)N1CC1=C(c2cccc(-c3ccc(C(=O)O)cc3F)c2)CCC(C)(C)C1. The predicted molar refractivity (Wildman–Crippen MR) is 155 cm³/mol. The molecule has 0 bridgehead atoms. The van der Waals surface area contributed by atoms with E-state index in [1.165, 1.54) is 24.0 Å². The lowest BCUT2D eigenvalue weighted by molar-refractivity contribution is -0.143. The van der Waals surface area contributed by atoms with Crippen molar-refractivity contribution in [3.63, 3.8) is 0 Å². The molecule has 0 spiro atoms.